The molecule has 0 aliphatic heterocycles. The van der Waals surface area contributed by atoms with Crippen LogP contribution in [0.4, 0.5) is 5.69 Å². The third kappa shape index (κ3) is 6.67. The number of nitrogens with one attached hydrogen (secondary N) is 1. The normalized spacial score (nSPS) is 10.6. The van der Waals surface area contributed by atoms with Crippen LogP contribution in [0.25, 0.3) is 6.08 Å². The van der Waals surface area contributed by atoms with Gasteiger partial charge in [-0.1, -0.05) is 24.3 Å². The molecule has 0 atom stereocenters. The number of carbonyl (C=O) groups excluding carboxylic acids is 1. The minimum Gasteiger partial charge on any atom is -0.490 e. The number of aromatic nitrogens is 1. The van der Waals surface area contributed by atoms with Gasteiger partial charge < -0.3 is 19.5 Å². The predicted molar refractivity (Wildman–Crippen MR) is 117 cm³/mol. The van der Waals surface area contributed by atoms with E-state index in [0.717, 1.165) is 11.3 Å². The second-order valence-electron chi connectivity index (χ2n) is 6.21. The first-order valence-corrected chi connectivity index (χ1v) is 9.71. The lowest BCUT2D eigenvalue weighted by molar-refractivity contribution is -0.111. The maximum Gasteiger partial charge on any atom is 0.248 e. The quantitative estimate of drug-likeness (QED) is 0.395. The zero-order valence-electron chi connectivity index (χ0n) is 16.8. The van der Waals surface area contributed by atoms with Crippen LogP contribution >= 0.6 is 0 Å². The van der Waals surface area contributed by atoms with Gasteiger partial charge >= 0.3 is 0 Å². The lowest BCUT2D eigenvalue weighted by atomic mass is 10.2. The topological polar surface area (TPSA) is 69.7 Å². The molecular formula is C24H24N2O4. The van der Waals surface area contributed by atoms with E-state index >= 15 is 0 Å². The number of rotatable bonds is 10. The molecule has 1 heterocycles. The van der Waals surface area contributed by atoms with Crippen molar-refractivity contribution in [3.05, 3.63) is 84.7 Å². The average molecular weight is 404 g/mol. The molecule has 0 aliphatic carbocycles. The number of benzene rings is 2. The van der Waals surface area contributed by atoms with Crippen LogP contribution in [-0.4, -0.2) is 30.7 Å². The number of hydrogen-bond acceptors (Lipinski definition) is 5. The average Bonchev–Trinajstić information content (AvgIpc) is 2.78. The van der Waals surface area contributed by atoms with Crippen molar-refractivity contribution in [2.75, 3.05) is 25.1 Å². The Balaban J connectivity index is 1.56. The third-order valence-electron chi connectivity index (χ3n) is 3.98. The predicted octanol–water partition coefficient (Wildman–Crippen LogP) is 4.59. The van der Waals surface area contributed by atoms with Crippen LogP contribution in [0.3, 0.4) is 0 Å². The fourth-order valence-corrected chi connectivity index (χ4v) is 2.64. The molecule has 2 aromatic carbocycles. The van der Waals surface area contributed by atoms with Crippen LogP contribution in [0.2, 0.25) is 0 Å². The molecule has 0 unspecified atom stereocenters. The first-order chi connectivity index (χ1) is 14.7. The van der Waals surface area contributed by atoms with E-state index in [1.54, 1.807) is 30.6 Å². The first-order valence-electron chi connectivity index (χ1n) is 9.71. The van der Waals surface area contributed by atoms with Crippen molar-refractivity contribution < 1.29 is 19.0 Å². The summed E-state index contributed by atoms with van der Waals surface area (Å²) in [6, 6.07) is 18.7. The summed E-state index contributed by atoms with van der Waals surface area (Å²) in [5.41, 5.74) is 1.47. The summed E-state index contributed by atoms with van der Waals surface area (Å²) in [4.78, 5) is 16.0. The summed E-state index contributed by atoms with van der Waals surface area (Å²) in [7, 11) is 0. The number of carbonyl (C=O) groups is 1. The van der Waals surface area contributed by atoms with Gasteiger partial charge in [0.1, 0.15) is 19.0 Å². The smallest absolute Gasteiger partial charge is 0.248 e. The van der Waals surface area contributed by atoms with Gasteiger partial charge in [0.05, 0.1) is 18.5 Å². The standard InChI is InChI=1S/C24H24N2O4/c1-2-28-23-17-19(11-13-24(27)26-20-7-6-14-25-18-20)10-12-22(23)30-16-15-29-21-8-4-3-5-9-21/h3-14,17-18H,2,15-16H2,1H3,(H,26,27). The molecule has 6 heteroatoms. The summed E-state index contributed by atoms with van der Waals surface area (Å²) in [5.74, 6) is 1.81. The van der Waals surface area contributed by atoms with Crippen molar-refractivity contribution in [1.29, 1.82) is 0 Å². The lowest BCUT2D eigenvalue weighted by Crippen LogP contribution is -2.10. The van der Waals surface area contributed by atoms with Crippen molar-refractivity contribution in [2.45, 2.75) is 6.92 Å². The molecule has 1 amide bonds. The number of amides is 1. The number of nitrogens with zero attached hydrogens (tertiary/aromatic N) is 1. The highest BCUT2D eigenvalue weighted by molar-refractivity contribution is 6.01. The molecule has 0 saturated carbocycles. The maximum atomic E-state index is 12.1. The molecule has 0 saturated heterocycles. The molecule has 0 radical (unpaired) electrons. The van der Waals surface area contributed by atoms with Crippen molar-refractivity contribution in [1.82, 2.24) is 4.98 Å². The zero-order valence-corrected chi connectivity index (χ0v) is 16.8. The van der Waals surface area contributed by atoms with Gasteiger partial charge in [-0.2, -0.15) is 0 Å². The summed E-state index contributed by atoms with van der Waals surface area (Å²) in [6.45, 7) is 3.22. The maximum absolute atomic E-state index is 12.1. The Kier molecular flexibility index (Phi) is 7.85. The van der Waals surface area contributed by atoms with E-state index in [9.17, 15) is 4.79 Å². The Morgan fingerprint density at radius 1 is 0.967 bits per heavy atom. The van der Waals surface area contributed by atoms with E-state index in [0.29, 0.717) is 37.0 Å². The molecular weight excluding hydrogens is 380 g/mol. The molecule has 1 aromatic heterocycles. The van der Waals surface area contributed by atoms with Crippen LogP contribution in [-0.2, 0) is 4.79 Å². The Bertz CT molecular complexity index is 959. The van der Waals surface area contributed by atoms with E-state index in [1.807, 2.05) is 55.5 Å². The van der Waals surface area contributed by atoms with E-state index < -0.39 is 0 Å². The molecule has 6 nitrogen and oxygen atoms in total. The number of pyridine rings is 1. The first kappa shape index (κ1) is 20.9. The largest absolute Gasteiger partial charge is 0.490 e. The van der Waals surface area contributed by atoms with Gasteiger partial charge in [-0.05, 0) is 55.0 Å². The van der Waals surface area contributed by atoms with Gasteiger partial charge in [0.15, 0.2) is 11.5 Å². The fraction of sp³-hybridized carbons (Fsp3) is 0.167. The minimum atomic E-state index is -0.237. The van der Waals surface area contributed by atoms with E-state index in [4.69, 9.17) is 14.2 Å². The Morgan fingerprint density at radius 3 is 2.57 bits per heavy atom. The molecule has 0 fully saturated rings. The van der Waals surface area contributed by atoms with Gasteiger partial charge in [-0.15, -0.1) is 0 Å². The van der Waals surface area contributed by atoms with Crippen molar-refractivity contribution >= 4 is 17.7 Å². The van der Waals surface area contributed by atoms with Crippen molar-refractivity contribution in [3.8, 4) is 17.2 Å². The van der Waals surface area contributed by atoms with Gasteiger partial charge in [-0.25, -0.2) is 0 Å². The highest BCUT2D eigenvalue weighted by Gasteiger charge is 2.06. The van der Waals surface area contributed by atoms with Crippen molar-refractivity contribution in [2.24, 2.45) is 0 Å². The van der Waals surface area contributed by atoms with Crippen molar-refractivity contribution in [3.63, 3.8) is 0 Å². The van der Waals surface area contributed by atoms with Gasteiger partial charge in [0.25, 0.3) is 0 Å². The second-order valence-corrected chi connectivity index (χ2v) is 6.21. The van der Waals surface area contributed by atoms with Crippen LogP contribution in [0.1, 0.15) is 12.5 Å². The summed E-state index contributed by atoms with van der Waals surface area (Å²) >= 11 is 0. The molecule has 1 N–H and O–H groups in total. The van der Waals surface area contributed by atoms with E-state index in [1.165, 1.54) is 6.08 Å². The van der Waals surface area contributed by atoms with E-state index in [-0.39, 0.29) is 5.91 Å². The number of anilines is 1. The fourth-order valence-electron chi connectivity index (χ4n) is 2.64. The van der Waals surface area contributed by atoms with Gasteiger partial charge in [-0.3, -0.25) is 9.78 Å². The molecule has 0 aliphatic rings. The summed E-state index contributed by atoms with van der Waals surface area (Å²) in [6.07, 6.45) is 6.42. The molecule has 3 aromatic rings. The van der Waals surface area contributed by atoms with E-state index in [2.05, 4.69) is 10.3 Å². The number of para-hydroxylation sites is 1. The molecule has 3 rings (SSSR count). The van der Waals surface area contributed by atoms with Crippen LogP contribution in [0.5, 0.6) is 17.2 Å². The van der Waals surface area contributed by atoms with Crippen LogP contribution < -0.4 is 19.5 Å². The SMILES string of the molecule is CCOc1cc(C=CC(=O)Nc2cccnc2)ccc1OCCOc1ccccc1. The summed E-state index contributed by atoms with van der Waals surface area (Å²) < 4.78 is 17.1. The highest BCUT2D eigenvalue weighted by Crippen LogP contribution is 2.29. The molecule has 0 spiro atoms. The number of hydrogen-bond donors (Lipinski definition) is 1. The zero-order chi connectivity index (χ0) is 21.0. The van der Waals surface area contributed by atoms with Crippen LogP contribution in [0.15, 0.2) is 79.1 Å². The van der Waals surface area contributed by atoms with Gasteiger partial charge in [0.2, 0.25) is 5.91 Å². The minimum absolute atomic E-state index is 0.237. The lowest BCUT2D eigenvalue weighted by Gasteiger charge is -2.13. The summed E-state index contributed by atoms with van der Waals surface area (Å²) in [5, 5.41) is 2.75. The third-order valence-corrected chi connectivity index (χ3v) is 3.98. The molecule has 154 valence electrons. The number of ether oxygens (including phenoxy) is 3. The van der Waals surface area contributed by atoms with Crippen LogP contribution in [0, 0.1) is 0 Å². The Labute approximate surface area is 176 Å². The molecule has 30 heavy (non-hydrogen) atoms. The molecule has 0 bridgehead atoms. The Morgan fingerprint density at radius 2 is 1.80 bits per heavy atom. The monoisotopic (exact) mass is 404 g/mol. The van der Waals surface area contributed by atoms with Gasteiger partial charge in [0, 0.05) is 12.3 Å². The second kappa shape index (κ2) is 11.3. The highest BCUT2D eigenvalue weighted by atomic mass is 16.5. The Hall–Kier alpha value is -3.80.